The van der Waals surface area contributed by atoms with Crippen LogP contribution in [-0.2, 0) is 6.54 Å². The van der Waals surface area contributed by atoms with Crippen LogP contribution in [0, 0.1) is 0 Å². The molecule has 3 rings (SSSR count). The van der Waals surface area contributed by atoms with Gasteiger partial charge in [-0.2, -0.15) is 0 Å². The van der Waals surface area contributed by atoms with Gasteiger partial charge in [0.05, 0.1) is 11.0 Å². The number of aromatic amines is 1. The molecule has 0 amide bonds. The number of hydrogen-bond donors (Lipinski definition) is 2. The van der Waals surface area contributed by atoms with Crippen LogP contribution in [0.2, 0.25) is 0 Å². The predicted octanol–water partition coefficient (Wildman–Crippen LogP) is 2.25. The molecule has 19 heavy (non-hydrogen) atoms. The fraction of sp³-hybridized carbons (Fsp3) is 0.533. The molecule has 2 N–H and O–H groups in total. The zero-order valence-corrected chi connectivity index (χ0v) is 11.2. The zero-order valence-electron chi connectivity index (χ0n) is 11.2. The van der Waals surface area contributed by atoms with E-state index in [2.05, 4.69) is 10.3 Å². The van der Waals surface area contributed by atoms with Crippen LogP contribution in [0.1, 0.15) is 32.1 Å². The highest BCUT2D eigenvalue weighted by molar-refractivity contribution is 5.74. The highest BCUT2D eigenvalue weighted by Crippen LogP contribution is 2.14. The van der Waals surface area contributed by atoms with E-state index < -0.39 is 0 Å². The Morgan fingerprint density at radius 3 is 3.00 bits per heavy atom. The van der Waals surface area contributed by atoms with E-state index in [9.17, 15) is 4.79 Å². The van der Waals surface area contributed by atoms with Crippen molar-refractivity contribution in [2.75, 3.05) is 6.54 Å². The first-order valence-corrected chi connectivity index (χ1v) is 7.25. The van der Waals surface area contributed by atoms with Crippen molar-refractivity contribution in [1.29, 1.82) is 0 Å². The molecule has 0 radical (unpaired) electrons. The largest absolute Gasteiger partial charge is 0.326 e. The minimum atomic E-state index is 0.0119. The molecule has 1 aromatic carbocycles. The number of nitrogens with zero attached hydrogens (tertiary/aromatic N) is 1. The first-order valence-electron chi connectivity index (χ1n) is 7.25. The van der Waals surface area contributed by atoms with E-state index >= 15 is 0 Å². The van der Waals surface area contributed by atoms with Gasteiger partial charge in [0.2, 0.25) is 0 Å². The molecule has 1 unspecified atom stereocenters. The fourth-order valence-electron chi connectivity index (χ4n) is 2.99. The maximum absolute atomic E-state index is 11.9. The van der Waals surface area contributed by atoms with Crippen LogP contribution in [-0.4, -0.2) is 22.1 Å². The molecule has 0 saturated carbocycles. The highest BCUT2D eigenvalue weighted by Gasteiger charge is 2.12. The Morgan fingerprint density at radius 1 is 1.26 bits per heavy atom. The maximum Gasteiger partial charge on any atom is 0.326 e. The van der Waals surface area contributed by atoms with Gasteiger partial charge < -0.3 is 10.3 Å². The zero-order chi connectivity index (χ0) is 13.1. The molecule has 4 nitrogen and oxygen atoms in total. The molecule has 1 fully saturated rings. The van der Waals surface area contributed by atoms with Crippen LogP contribution in [0.25, 0.3) is 11.0 Å². The quantitative estimate of drug-likeness (QED) is 0.884. The summed E-state index contributed by atoms with van der Waals surface area (Å²) in [6.45, 7) is 1.96. The number of benzene rings is 1. The Morgan fingerprint density at radius 2 is 2.16 bits per heavy atom. The van der Waals surface area contributed by atoms with E-state index in [1.807, 2.05) is 28.8 Å². The number of aryl methyl sites for hydroxylation is 1. The number of rotatable bonds is 4. The van der Waals surface area contributed by atoms with Gasteiger partial charge in [-0.3, -0.25) is 4.57 Å². The second-order valence-corrected chi connectivity index (χ2v) is 5.39. The number of hydrogen-bond acceptors (Lipinski definition) is 2. The molecule has 1 aromatic heterocycles. The maximum atomic E-state index is 11.9. The van der Waals surface area contributed by atoms with Crippen LogP contribution >= 0.6 is 0 Å². The molecule has 4 heteroatoms. The van der Waals surface area contributed by atoms with Gasteiger partial charge in [-0.25, -0.2) is 4.79 Å². The Balaban J connectivity index is 1.65. The molecule has 1 aliphatic rings. The van der Waals surface area contributed by atoms with Gasteiger partial charge in [-0.05, 0) is 44.4 Å². The summed E-state index contributed by atoms with van der Waals surface area (Å²) in [6.07, 6.45) is 6.14. The Labute approximate surface area is 112 Å². The van der Waals surface area contributed by atoms with Crippen molar-refractivity contribution in [1.82, 2.24) is 14.9 Å². The average Bonchev–Trinajstić information content (AvgIpc) is 2.76. The van der Waals surface area contributed by atoms with Crippen molar-refractivity contribution in [3.63, 3.8) is 0 Å². The van der Waals surface area contributed by atoms with E-state index in [-0.39, 0.29) is 5.69 Å². The van der Waals surface area contributed by atoms with Crippen molar-refractivity contribution < 1.29 is 0 Å². The summed E-state index contributed by atoms with van der Waals surface area (Å²) >= 11 is 0. The number of imidazole rings is 1. The Bertz CT molecular complexity index is 593. The summed E-state index contributed by atoms with van der Waals surface area (Å²) in [5, 5.41) is 3.56. The minimum absolute atomic E-state index is 0.0119. The second-order valence-electron chi connectivity index (χ2n) is 5.39. The minimum Gasteiger partial charge on any atom is -0.314 e. The van der Waals surface area contributed by atoms with Crippen LogP contribution in [0.15, 0.2) is 29.1 Å². The predicted molar refractivity (Wildman–Crippen MR) is 77.4 cm³/mol. The monoisotopic (exact) mass is 259 g/mol. The summed E-state index contributed by atoms with van der Waals surface area (Å²) in [7, 11) is 0. The lowest BCUT2D eigenvalue weighted by Crippen LogP contribution is -2.34. The Hall–Kier alpha value is -1.55. The van der Waals surface area contributed by atoms with Gasteiger partial charge in [0.1, 0.15) is 0 Å². The van der Waals surface area contributed by atoms with Crippen LogP contribution in [0.3, 0.4) is 0 Å². The molecule has 0 bridgehead atoms. The lowest BCUT2D eigenvalue weighted by Gasteiger charge is -2.23. The molecule has 0 aliphatic carbocycles. The Kier molecular flexibility index (Phi) is 3.69. The average molecular weight is 259 g/mol. The van der Waals surface area contributed by atoms with Gasteiger partial charge in [0.25, 0.3) is 0 Å². The molecule has 2 aromatic rings. The van der Waals surface area contributed by atoms with E-state index in [1.165, 1.54) is 19.3 Å². The third-order valence-electron chi connectivity index (χ3n) is 4.03. The van der Waals surface area contributed by atoms with E-state index in [1.54, 1.807) is 0 Å². The highest BCUT2D eigenvalue weighted by atomic mass is 16.1. The lowest BCUT2D eigenvalue weighted by atomic mass is 10.0. The number of H-pyrrole nitrogens is 1. The van der Waals surface area contributed by atoms with Gasteiger partial charge in [-0.15, -0.1) is 0 Å². The molecular formula is C15H21N3O. The van der Waals surface area contributed by atoms with E-state index in [0.29, 0.717) is 6.04 Å². The summed E-state index contributed by atoms with van der Waals surface area (Å²) in [4.78, 5) is 14.8. The van der Waals surface area contributed by atoms with Gasteiger partial charge in [0, 0.05) is 12.6 Å². The van der Waals surface area contributed by atoms with Crippen molar-refractivity contribution in [2.45, 2.75) is 44.7 Å². The van der Waals surface area contributed by atoms with Crippen LogP contribution in [0.5, 0.6) is 0 Å². The standard InChI is InChI=1S/C15H21N3O/c19-15-17-13-8-1-2-9-14(13)18(15)11-5-7-12-6-3-4-10-16-12/h1-2,8-9,12,16H,3-7,10-11H2,(H,17,19). The number of fused-ring (bicyclic) bond motifs is 1. The third-order valence-corrected chi connectivity index (χ3v) is 4.03. The molecular weight excluding hydrogens is 238 g/mol. The SMILES string of the molecule is O=c1[nH]c2ccccc2n1CCCC1CCCCN1. The number of para-hydroxylation sites is 2. The van der Waals surface area contributed by atoms with Gasteiger partial charge >= 0.3 is 5.69 Å². The summed E-state index contributed by atoms with van der Waals surface area (Å²) < 4.78 is 1.86. The third kappa shape index (κ3) is 2.73. The number of piperidine rings is 1. The van der Waals surface area contributed by atoms with Crippen molar-refractivity contribution in [2.24, 2.45) is 0 Å². The van der Waals surface area contributed by atoms with Crippen molar-refractivity contribution >= 4 is 11.0 Å². The van der Waals surface area contributed by atoms with Gasteiger partial charge in [-0.1, -0.05) is 18.6 Å². The summed E-state index contributed by atoms with van der Waals surface area (Å²) in [5.74, 6) is 0. The fourth-order valence-corrected chi connectivity index (χ4v) is 2.99. The lowest BCUT2D eigenvalue weighted by molar-refractivity contribution is 0.368. The molecule has 1 saturated heterocycles. The summed E-state index contributed by atoms with van der Waals surface area (Å²) in [5.41, 5.74) is 1.96. The molecule has 2 heterocycles. The van der Waals surface area contributed by atoms with Crippen LogP contribution in [0.4, 0.5) is 0 Å². The number of nitrogens with one attached hydrogen (secondary N) is 2. The second kappa shape index (κ2) is 5.61. The smallest absolute Gasteiger partial charge is 0.314 e. The van der Waals surface area contributed by atoms with E-state index in [4.69, 9.17) is 0 Å². The molecule has 0 spiro atoms. The summed E-state index contributed by atoms with van der Waals surface area (Å²) in [6, 6.07) is 8.54. The first-order chi connectivity index (χ1) is 9.34. The number of aromatic nitrogens is 2. The van der Waals surface area contributed by atoms with E-state index in [0.717, 1.165) is 37.0 Å². The van der Waals surface area contributed by atoms with Crippen molar-refractivity contribution in [3.05, 3.63) is 34.7 Å². The normalized spacial score (nSPS) is 19.9. The molecule has 102 valence electrons. The first kappa shape index (κ1) is 12.5. The molecule has 1 aliphatic heterocycles. The van der Waals surface area contributed by atoms with Gasteiger partial charge in [0.15, 0.2) is 0 Å². The van der Waals surface area contributed by atoms with Crippen LogP contribution < -0.4 is 11.0 Å². The topological polar surface area (TPSA) is 49.8 Å². The molecule has 1 atom stereocenters. The van der Waals surface area contributed by atoms with Crippen molar-refractivity contribution in [3.8, 4) is 0 Å².